The van der Waals surface area contributed by atoms with Crippen LogP contribution >= 0.6 is 0 Å². The van der Waals surface area contributed by atoms with Crippen LogP contribution in [0.5, 0.6) is 0 Å². The zero-order valence-corrected chi connectivity index (χ0v) is 18.6. The molecule has 9 heteroatoms. The number of aromatic nitrogens is 1. The van der Waals surface area contributed by atoms with Crippen LogP contribution < -0.4 is 9.80 Å². The monoisotopic (exact) mass is 439 g/mol. The lowest BCUT2D eigenvalue weighted by molar-refractivity contribution is -0.125. The van der Waals surface area contributed by atoms with E-state index >= 15 is 0 Å². The van der Waals surface area contributed by atoms with E-state index in [2.05, 4.69) is 16.0 Å². The highest BCUT2D eigenvalue weighted by Gasteiger charge is 2.42. The van der Waals surface area contributed by atoms with Crippen LogP contribution in [-0.2, 0) is 4.79 Å². The molecule has 32 heavy (non-hydrogen) atoms. The van der Waals surface area contributed by atoms with Gasteiger partial charge in [-0.25, -0.2) is 14.2 Å². The number of hydrogen-bond donors (Lipinski definition) is 0. The lowest BCUT2D eigenvalue weighted by Gasteiger charge is -2.36. The van der Waals surface area contributed by atoms with Crippen LogP contribution in [0.15, 0.2) is 30.5 Å². The number of carbonyl (C=O) groups is 3. The van der Waals surface area contributed by atoms with Crippen LogP contribution in [0.3, 0.4) is 0 Å². The first kappa shape index (κ1) is 21.7. The van der Waals surface area contributed by atoms with Gasteiger partial charge in [0.15, 0.2) is 0 Å². The van der Waals surface area contributed by atoms with Crippen molar-refractivity contribution in [1.29, 1.82) is 0 Å². The predicted octanol–water partition coefficient (Wildman–Crippen LogP) is 2.59. The minimum atomic E-state index is -0.796. The molecule has 8 nitrogen and oxygen atoms in total. The highest BCUT2D eigenvalue weighted by atomic mass is 19.1. The molecule has 2 saturated heterocycles. The Morgan fingerprint density at radius 2 is 1.78 bits per heavy atom. The summed E-state index contributed by atoms with van der Waals surface area (Å²) in [5.41, 5.74) is 2.40. The second kappa shape index (κ2) is 8.22. The zero-order valence-electron chi connectivity index (χ0n) is 18.6. The van der Waals surface area contributed by atoms with E-state index in [-0.39, 0.29) is 17.2 Å². The highest BCUT2D eigenvalue weighted by Crippen LogP contribution is 2.29. The number of aryl methyl sites for hydroxylation is 2. The van der Waals surface area contributed by atoms with Crippen molar-refractivity contribution in [3.05, 3.63) is 53.0 Å². The van der Waals surface area contributed by atoms with Gasteiger partial charge < -0.3 is 9.80 Å². The summed E-state index contributed by atoms with van der Waals surface area (Å²) < 4.78 is 14.9. The van der Waals surface area contributed by atoms with Crippen molar-refractivity contribution >= 4 is 29.4 Å². The molecule has 0 saturated carbocycles. The fraction of sp³-hybridized carbons (Fsp3) is 0.391. The first-order valence-electron chi connectivity index (χ1n) is 10.6. The number of urea groups is 1. The number of imide groups is 1. The molecular formula is C23H26FN5O3. The van der Waals surface area contributed by atoms with E-state index in [9.17, 15) is 18.8 Å². The molecule has 1 unspecified atom stereocenters. The fourth-order valence-electron chi connectivity index (χ4n) is 4.30. The first-order chi connectivity index (χ1) is 15.2. The number of nitrogens with zero attached hydrogens (tertiary/aromatic N) is 5. The van der Waals surface area contributed by atoms with Gasteiger partial charge in [-0.2, -0.15) is 0 Å². The number of amides is 4. The second-order valence-electron chi connectivity index (χ2n) is 8.32. The zero-order chi connectivity index (χ0) is 23.2. The van der Waals surface area contributed by atoms with Crippen LogP contribution in [0, 0.1) is 19.7 Å². The summed E-state index contributed by atoms with van der Waals surface area (Å²) in [6.07, 6.45) is 1.83. The number of pyridine rings is 1. The molecule has 1 atom stereocenters. The molecule has 3 heterocycles. The summed E-state index contributed by atoms with van der Waals surface area (Å²) in [7, 11) is 1.37. The van der Waals surface area contributed by atoms with Crippen LogP contribution in [0.2, 0.25) is 0 Å². The Balaban J connectivity index is 1.46. The summed E-state index contributed by atoms with van der Waals surface area (Å²) >= 11 is 0. The average Bonchev–Trinajstić information content (AvgIpc) is 2.96. The Hall–Kier alpha value is -3.49. The van der Waals surface area contributed by atoms with Crippen molar-refractivity contribution in [3.63, 3.8) is 0 Å². The number of carbonyl (C=O) groups excluding carboxylic acids is 3. The van der Waals surface area contributed by atoms with Gasteiger partial charge in [0.05, 0.1) is 5.69 Å². The lowest BCUT2D eigenvalue weighted by Crippen LogP contribution is -2.49. The standard InChI is InChI=1S/C23H26FN5O3/c1-14-11-15(2)20(25-13-14)27-7-9-28(10-8-27)22(31)17-5-6-19(18(24)12-17)29-16(3)21(30)26(4)23(29)32/h5-6,11-13,16H,7-10H2,1-4H3. The van der Waals surface area contributed by atoms with Crippen molar-refractivity contribution in [2.45, 2.75) is 26.8 Å². The van der Waals surface area contributed by atoms with Crippen LogP contribution in [0.4, 0.5) is 20.7 Å². The van der Waals surface area contributed by atoms with Crippen molar-refractivity contribution in [1.82, 2.24) is 14.8 Å². The van der Waals surface area contributed by atoms with E-state index in [1.54, 1.807) is 11.8 Å². The van der Waals surface area contributed by atoms with E-state index in [4.69, 9.17) is 0 Å². The number of piperazine rings is 1. The molecule has 0 N–H and O–H groups in total. The maximum atomic E-state index is 14.9. The topological polar surface area (TPSA) is 77.1 Å². The maximum absolute atomic E-state index is 14.9. The lowest BCUT2D eigenvalue weighted by atomic mass is 10.1. The number of hydrogen-bond acceptors (Lipinski definition) is 5. The second-order valence-corrected chi connectivity index (χ2v) is 8.32. The summed E-state index contributed by atoms with van der Waals surface area (Å²) in [5, 5.41) is 0. The molecule has 1 aromatic carbocycles. The van der Waals surface area contributed by atoms with E-state index in [1.807, 2.05) is 20.0 Å². The number of benzene rings is 1. The van der Waals surface area contributed by atoms with E-state index in [0.29, 0.717) is 26.2 Å². The molecule has 0 radical (unpaired) electrons. The Morgan fingerprint density at radius 3 is 2.34 bits per heavy atom. The van der Waals surface area contributed by atoms with Crippen molar-refractivity contribution in [3.8, 4) is 0 Å². The summed E-state index contributed by atoms with van der Waals surface area (Å²) in [6, 6.07) is 4.73. The SMILES string of the molecule is Cc1cnc(N2CCN(C(=O)c3ccc(N4C(=O)N(C)C(=O)C4C)c(F)c3)CC2)c(C)c1. The number of anilines is 2. The van der Waals surface area contributed by atoms with Crippen LogP contribution in [-0.4, -0.2) is 71.9 Å². The largest absolute Gasteiger partial charge is 0.353 e. The molecular weight excluding hydrogens is 413 g/mol. The third-order valence-electron chi connectivity index (χ3n) is 6.08. The Morgan fingerprint density at radius 1 is 1.09 bits per heavy atom. The smallest absolute Gasteiger partial charge is 0.331 e. The molecule has 4 rings (SSSR count). The number of likely N-dealkylation sites (N-methyl/N-ethyl adjacent to an activating group) is 1. The van der Waals surface area contributed by atoms with Gasteiger partial charge in [0.25, 0.3) is 11.8 Å². The summed E-state index contributed by atoms with van der Waals surface area (Å²) in [6.45, 7) is 7.84. The first-order valence-corrected chi connectivity index (χ1v) is 10.6. The quantitative estimate of drug-likeness (QED) is 0.687. The van der Waals surface area contributed by atoms with Crippen LogP contribution in [0.25, 0.3) is 0 Å². The van der Waals surface area contributed by atoms with Crippen molar-refractivity contribution in [2.24, 2.45) is 0 Å². The third kappa shape index (κ3) is 3.68. The van der Waals surface area contributed by atoms with Gasteiger partial charge in [-0.15, -0.1) is 0 Å². The van der Waals surface area contributed by atoms with Gasteiger partial charge in [0.2, 0.25) is 0 Å². The molecule has 2 fully saturated rings. The molecule has 2 aromatic rings. The number of halogens is 1. The van der Waals surface area contributed by atoms with Crippen molar-refractivity contribution in [2.75, 3.05) is 43.0 Å². The third-order valence-corrected chi connectivity index (χ3v) is 6.08. The van der Waals surface area contributed by atoms with Crippen molar-refractivity contribution < 1.29 is 18.8 Å². The molecule has 168 valence electrons. The van der Waals surface area contributed by atoms with E-state index in [1.165, 1.54) is 19.2 Å². The van der Waals surface area contributed by atoms with Gasteiger partial charge in [-0.1, -0.05) is 6.07 Å². The minimum absolute atomic E-state index is 0.0116. The Kier molecular flexibility index (Phi) is 5.58. The fourth-order valence-corrected chi connectivity index (χ4v) is 4.30. The Bertz CT molecular complexity index is 1100. The van der Waals surface area contributed by atoms with Gasteiger partial charge in [-0.3, -0.25) is 19.4 Å². The molecule has 2 aliphatic heterocycles. The maximum Gasteiger partial charge on any atom is 0.331 e. The molecule has 0 aliphatic carbocycles. The Labute approximate surface area is 186 Å². The minimum Gasteiger partial charge on any atom is -0.353 e. The normalized spacial score (nSPS) is 19.2. The summed E-state index contributed by atoms with van der Waals surface area (Å²) in [5.74, 6) is -0.456. The average molecular weight is 439 g/mol. The van der Waals surface area contributed by atoms with Gasteiger partial charge >= 0.3 is 6.03 Å². The highest BCUT2D eigenvalue weighted by molar-refractivity contribution is 6.14. The molecule has 0 spiro atoms. The molecule has 0 bridgehead atoms. The van der Waals surface area contributed by atoms with Gasteiger partial charge in [0.1, 0.15) is 17.7 Å². The van der Waals surface area contributed by atoms with E-state index < -0.39 is 23.8 Å². The summed E-state index contributed by atoms with van der Waals surface area (Å²) in [4.78, 5) is 47.7. The predicted molar refractivity (Wildman–Crippen MR) is 118 cm³/mol. The molecule has 2 aliphatic rings. The number of rotatable bonds is 3. The van der Waals surface area contributed by atoms with Gasteiger partial charge in [-0.05, 0) is 50.1 Å². The van der Waals surface area contributed by atoms with Crippen LogP contribution in [0.1, 0.15) is 28.4 Å². The molecule has 4 amide bonds. The molecule has 1 aromatic heterocycles. The van der Waals surface area contributed by atoms with Gasteiger partial charge in [0, 0.05) is 45.0 Å². The van der Waals surface area contributed by atoms with E-state index in [0.717, 1.165) is 32.8 Å².